The van der Waals surface area contributed by atoms with E-state index in [4.69, 9.17) is 10.5 Å². The van der Waals surface area contributed by atoms with E-state index < -0.39 is 0 Å². The maximum atomic E-state index is 5.81. The number of methoxy groups -OCH3 is 1. The van der Waals surface area contributed by atoms with Crippen LogP contribution in [0, 0.1) is 0 Å². The topological polar surface area (TPSA) is 35.2 Å². The molecular formula is C12H16BrNO. The van der Waals surface area contributed by atoms with Gasteiger partial charge < -0.3 is 10.5 Å². The molecule has 1 aliphatic carbocycles. The number of hydrogen-bond donors (Lipinski definition) is 1. The van der Waals surface area contributed by atoms with Crippen molar-refractivity contribution in [2.75, 3.05) is 13.7 Å². The molecule has 0 radical (unpaired) electrons. The summed E-state index contributed by atoms with van der Waals surface area (Å²) >= 11 is 3.59. The van der Waals surface area contributed by atoms with Crippen LogP contribution in [0.2, 0.25) is 0 Å². The van der Waals surface area contributed by atoms with Crippen molar-refractivity contribution >= 4 is 15.9 Å². The fourth-order valence-corrected chi connectivity index (χ4v) is 2.87. The highest BCUT2D eigenvalue weighted by atomic mass is 79.9. The van der Waals surface area contributed by atoms with E-state index in [1.165, 1.54) is 15.6 Å². The molecule has 3 heteroatoms. The summed E-state index contributed by atoms with van der Waals surface area (Å²) in [6, 6.07) is 6.34. The van der Waals surface area contributed by atoms with Gasteiger partial charge in [0.1, 0.15) is 0 Å². The van der Waals surface area contributed by atoms with Gasteiger partial charge in [0.2, 0.25) is 0 Å². The Morgan fingerprint density at radius 1 is 1.53 bits per heavy atom. The van der Waals surface area contributed by atoms with Gasteiger partial charge in [-0.1, -0.05) is 28.1 Å². The Kier molecular flexibility index (Phi) is 3.14. The Bertz CT molecular complexity index is 361. The van der Waals surface area contributed by atoms with E-state index in [2.05, 4.69) is 34.1 Å². The van der Waals surface area contributed by atoms with Crippen molar-refractivity contribution in [3.63, 3.8) is 0 Å². The Morgan fingerprint density at radius 2 is 2.33 bits per heavy atom. The molecule has 0 fully saturated rings. The van der Waals surface area contributed by atoms with E-state index in [1.807, 2.05) is 0 Å². The number of benzene rings is 1. The highest BCUT2D eigenvalue weighted by molar-refractivity contribution is 9.10. The predicted octanol–water partition coefficient (Wildman–Crippen LogP) is 2.28. The first-order chi connectivity index (χ1) is 7.21. The first kappa shape index (κ1) is 11.1. The molecule has 0 saturated heterocycles. The fourth-order valence-electron chi connectivity index (χ4n) is 2.27. The maximum Gasteiger partial charge on any atom is 0.0843 e. The van der Waals surface area contributed by atoms with E-state index in [0.717, 1.165) is 19.3 Å². The minimum Gasteiger partial charge on any atom is -0.377 e. The lowest BCUT2D eigenvalue weighted by molar-refractivity contribution is -0.0135. The molecule has 1 aromatic carbocycles. The van der Waals surface area contributed by atoms with Crippen LogP contribution in [0.25, 0.3) is 0 Å². The van der Waals surface area contributed by atoms with Crippen molar-refractivity contribution in [2.24, 2.45) is 5.73 Å². The molecule has 0 saturated carbocycles. The lowest BCUT2D eigenvalue weighted by Gasteiger charge is -2.36. The summed E-state index contributed by atoms with van der Waals surface area (Å²) in [6.07, 6.45) is 2.98. The van der Waals surface area contributed by atoms with Gasteiger partial charge in [0.25, 0.3) is 0 Å². The minimum atomic E-state index is -0.145. The summed E-state index contributed by atoms with van der Waals surface area (Å²) in [6.45, 7) is 0.593. The molecule has 0 aromatic heterocycles. The van der Waals surface area contributed by atoms with E-state index >= 15 is 0 Å². The summed E-state index contributed by atoms with van der Waals surface area (Å²) in [7, 11) is 1.76. The molecule has 1 unspecified atom stereocenters. The predicted molar refractivity (Wildman–Crippen MR) is 65.0 cm³/mol. The second kappa shape index (κ2) is 4.24. The minimum absolute atomic E-state index is 0.145. The van der Waals surface area contributed by atoms with Crippen molar-refractivity contribution in [1.82, 2.24) is 0 Å². The first-order valence-corrected chi connectivity index (χ1v) is 6.01. The maximum absolute atomic E-state index is 5.81. The third-order valence-electron chi connectivity index (χ3n) is 3.36. The molecule has 1 aliphatic rings. The SMILES string of the molecule is COC1(CN)CCc2c(Br)cccc2C1. The molecule has 0 amide bonds. The van der Waals surface area contributed by atoms with Crippen LogP contribution in [0.15, 0.2) is 22.7 Å². The summed E-state index contributed by atoms with van der Waals surface area (Å²) in [5.41, 5.74) is 8.44. The molecule has 2 N–H and O–H groups in total. The van der Waals surface area contributed by atoms with Gasteiger partial charge in [0.05, 0.1) is 5.60 Å². The van der Waals surface area contributed by atoms with Gasteiger partial charge >= 0.3 is 0 Å². The van der Waals surface area contributed by atoms with Crippen LogP contribution in [0.3, 0.4) is 0 Å². The van der Waals surface area contributed by atoms with Crippen molar-refractivity contribution in [3.8, 4) is 0 Å². The first-order valence-electron chi connectivity index (χ1n) is 5.22. The van der Waals surface area contributed by atoms with Crippen LogP contribution in [0.1, 0.15) is 17.5 Å². The Morgan fingerprint density at radius 3 is 3.00 bits per heavy atom. The van der Waals surface area contributed by atoms with Crippen LogP contribution < -0.4 is 5.73 Å². The summed E-state index contributed by atoms with van der Waals surface area (Å²) in [5, 5.41) is 0. The smallest absolute Gasteiger partial charge is 0.0843 e. The molecule has 1 atom stereocenters. The molecule has 0 aliphatic heterocycles. The van der Waals surface area contributed by atoms with Crippen LogP contribution in [-0.2, 0) is 17.6 Å². The standard InChI is InChI=1S/C12H16BrNO/c1-15-12(8-14)6-5-10-9(7-12)3-2-4-11(10)13/h2-4H,5-8,14H2,1H3. The molecule has 0 heterocycles. The van der Waals surface area contributed by atoms with Crippen molar-refractivity contribution in [3.05, 3.63) is 33.8 Å². The highest BCUT2D eigenvalue weighted by Gasteiger charge is 2.33. The van der Waals surface area contributed by atoms with Gasteiger partial charge in [-0.15, -0.1) is 0 Å². The molecule has 0 spiro atoms. The Balaban J connectivity index is 2.34. The zero-order chi connectivity index (χ0) is 10.9. The number of fused-ring (bicyclic) bond motifs is 1. The average Bonchev–Trinajstić information content (AvgIpc) is 2.29. The molecule has 1 aromatic rings. The number of halogens is 1. The molecule has 15 heavy (non-hydrogen) atoms. The highest BCUT2D eigenvalue weighted by Crippen LogP contribution is 2.34. The van der Waals surface area contributed by atoms with Gasteiger partial charge in [-0.2, -0.15) is 0 Å². The molecule has 82 valence electrons. The Hall–Kier alpha value is -0.380. The van der Waals surface area contributed by atoms with Gasteiger partial charge in [-0.05, 0) is 30.0 Å². The lowest BCUT2D eigenvalue weighted by atomic mass is 9.80. The largest absolute Gasteiger partial charge is 0.377 e. The molecule has 2 rings (SSSR count). The van der Waals surface area contributed by atoms with Gasteiger partial charge in [-0.25, -0.2) is 0 Å². The molecule has 0 bridgehead atoms. The van der Waals surface area contributed by atoms with Crippen LogP contribution in [-0.4, -0.2) is 19.3 Å². The van der Waals surface area contributed by atoms with Crippen molar-refractivity contribution < 1.29 is 4.74 Å². The van der Waals surface area contributed by atoms with Gasteiger partial charge in [0.15, 0.2) is 0 Å². The lowest BCUT2D eigenvalue weighted by Crippen LogP contribution is -2.44. The van der Waals surface area contributed by atoms with E-state index in [1.54, 1.807) is 7.11 Å². The summed E-state index contributed by atoms with van der Waals surface area (Å²) in [5.74, 6) is 0. The number of rotatable bonds is 2. The van der Waals surface area contributed by atoms with Crippen LogP contribution in [0.5, 0.6) is 0 Å². The second-order valence-electron chi connectivity index (χ2n) is 4.15. The third kappa shape index (κ3) is 1.96. The zero-order valence-electron chi connectivity index (χ0n) is 8.92. The zero-order valence-corrected chi connectivity index (χ0v) is 10.5. The van der Waals surface area contributed by atoms with Crippen molar-refractivity contribution in [1.29, 1.82) is 0 Å². The van der Waals surface area contributed by atoms with Crippen LogP contribution >= 0.6 is 15.9 Å². The normalized spacial score (nSPS) is 25.0. The van der Waals surface area contributed by atoms with Gasteiger partial charge in [-0.3, -0.25) is 0 Å². The molecular weight excluding hydrogens is 254 g/mol. The average molecular weight is 270 g/mol. The number of ether oxygens (including phenoxy) is 1. The fraction of sp³-hybridized carbons (Fsp3) is 0.500. The number of nitrogens with two attached hydrogens (primary N) is 1. The Labute approximate surface area is 98.9 Å². The molecule has 2 nitrogen and oxygen atoms in total. The van der Waals surface area contributed by atoms with Gasteiger partial charge in [0, 0.05) is 24.5 Å². The third-order valence-corrected chi connectivity index (χ3v) is 4.11. The summed E-state index contributed by atoms with van der Waals surface area (Å²) < 4.78 is 6.79. The van der Waals surface area contributed by atoms with E-state index in [-0.39, 0.29) is 5.60 Å². The van der Waals surface area contributed by atoms with Crippen LogP contribution in [0.4, 0.5) is 0 Å². The quantitative estimate of drug-likeness (QED) is 0.894. The number of hydrogen-bond acceptors (Lipinski definition) is 2. The van der Waals surface area contributed by atoms with Crippen molar-refractivity contribution in [2.45, 2.75) is 24.9 Å². The summed E-state index contributed by atoms with van der Waals surface area (Å²) in [4.78, 5) is 0. The van der Waals surface area contributed by atoms with E-state index in [9.17, 15) is 0 Å². The second-order valence-corrected chi connectivity index (χ2v) is 5.00. The monoisotopic (exact) mass is 269 g/mol. The van der Waals surface area contributed by atoms with E-state index in [0.29, 0.717) is 6.54 Å².